The predicted octanol–water partition coefficient (Wildman–Crippen LogP) is 4.04. The van der Waals surface area contributed by atoms with Crippen LogP contribution in [0.5, 0.6) is 0 Å². The molecule has 3 aliphatic heterocycles. The van der Waals surface area contributed by atoms with E-state index >= 15 is 0 Å². The smallest absolute Gasteiger partial charge is 0.254 e. The van der Waals surface area contributed by atoms with Gasteiger partial charge in [-0.25, -0.2) is 0 Å². The number of benzene rings is 2. The van der Waals surface area contributed by atoms with Gasteiger partial charge in [0.1, 0.15) is 0 Å². The van der Waals surface area contributed by atoms with Crippen molar-refractivity contribution in [3.05, 3.63) is 70.8 Å². The Morgan fingerprint density at radius 2 is 1.61 bits per heavy atom. The molecule has 2 bridgehead atoms. The molecule has 6 nitrogen and oxygen atoms in total. The number of nitrogens with zero attached hydrogens (tertiary/aromatic N) is 3. The van der Waals surface area contributed by atoms with Crippen LogP contribution in [0.3, 0.4) is 0 Å². The van der Waals surface area contributed by atoms with Gasteiger partial charge in [-0.3, -0.25) is 14.5 Å². The van der Waals surface area contributed by atoms with Crippen molar-refractivity contribution in [1.29, 1.82) is 0 Å². The highest BCUT2D eigenvalue weighted by molar-refractivity contribution is 5.97. The van der Waals surface area contributed by atoms with Gasteiger partial charge in [0.2, 0.25) is 5.91 Å². The van der Waals surface area contributed by atoms with E-state index in [1.165, 1.54) is 24.8 Å². The molecule has 1 N–H and O–H groups in total. The zero-order valence-corrected chi connectivity index (χ0v) is 22.9. The Labute approximate surface area is 227 Å². The third-order valence-electron chi connectivity index (χ3n) is 9.68. The van der Waals surface area contributed by atoms with Crippen molar-refractivity contribution in [2.24, 2.45) is 17.8 Å². The van der Waals surface area contributed by atoms with Crippen molar-refractivity contribution >= 4 is 11.8 Å². The van der Waals surface area contributed by atoms with Gasteiger partial charge in [-0.05, 0) is 74.0 Å². The molecule has 2 aromatic carbocycles. The number of likely N-dealkylation sites (tertiary alicyclic amines) is 3. The Bertz CT molecular complexity index is 1130. The van der Waals surface area contributed by atoms with Gasteiger partial charge in [-0.1, -0.05) is 48.5 Å². The molecule has 0 aromatic heterocycles. The number of carbonyl (C=O) groups excluding carboxylic acids is 2. The molecule has 0 spiro atoms. The Morgan fingerprint density at radius 3 is 2.24 bits per heavy atom. The van der Waals surface area contributed by atoms with E-state index in [0.717, 1.165) is 68.3 Å². The highest BCUT2D eigenvalue weighted by Crippen LogP contribution is 2.37. The molecule has 3 heterocycles. The van der Waals surface area contributed by atoms with Crippen LogP contribution in [0.15, 0.2) is 48.5 Å². The normalized spacial score (nSPS) is 27.6. The van der Waals surface area contributed by atoms with Crippen LogP contribution in [-0.4, -0.2) is 78.4 Å². The fraction of sp³-hybridized carbons (Fsp3) is 0.562. The Hall–Kier alpha value is -2.70. The Kier molecular flexibility index (Phi) is 7.28. The molecule has 4 aliphatic rings. The lowest BCUT2D eigenvalue weighted by molar-refractivity contribution is -0.123. The molecule has 5 unspecified atom stereocenters. The molecule has 6 rings (SSSR count). The van der Waals surface area contributed by atoms with Gasteiger partial charge in [0.05, 0.1) is 12.6 Å². The third-order valence-corrected chi connectivity index (χ3v) is 9.68. The Morgan fingerprint density at radius 1 is 0.895 bits per heavy atom. The number of hydrogen-bond donors (Lipinski definition) is 1. The van der Waals surface area contributed by atoms with Crippen molar-refractivity contribution in [2.75, 3.05) is 45.8 Å². The molecule has 202 valence electrons. The average molecular weight is 515 g/mol. The number of hydrogen-bond acceptors (Lipinski definition) is 4. The van der Waals surface area contributed by atoms with Crippen LogP contribution in [0.25, 0.3) is 0 Å². The van der Waals surface area contributed by atoms with Crippen LogP contribution in [0, 0.1) is 31.6 Å². The quantitative estimate of drug-likeness (QED) is 0.578. The van der Waals surface area contributed by atoms with Gasteiger partial charge in [-0.2, -0.15) is 0 Å². The van der Waals surface area contributed by atoms with Gasteiger partial charge >= 0.3 is 0 Å². The number of fused-ring (bicyclic) bond motifs is 3. The van der Waals surface area contributed by atoms with Crippen molar-refractivity contribution in [3.8, 4) is 0 Å². The molecule has 2 amide bonds. The minimum atomic E-state index is 0.0334. The van der Waals surface area contributed by atoms with Crippen LogP contribution in [0.4, 0.5) is 0 Å². The molecule has 4 fully saturated rings. The van der Waals surface area contributed by atoms with E-state index in [1.807, 2.05) is 38.1 Å². The zero-order valence-electron chi connectivity index (χ0n) is 22.9. The minimum absolute atomic E-state index is 0.0334. The van der Waals surface area contributed by atoms with Gasteiger partial charge < -0.3 is 15.1 Å². The lowest BCUT2D eigenvalue weighted by Gasteiger charge is -2.28. The molecule has 2 aromatic rings. The Balaban J connectivity index is 1.03. The maximum Gasteiger partial charge on any atom is 0.254 e. The summed E-state index contributed by atoms with van der Waals surface area (Å²) in [6, 6.07) is 17.2. The monoisotopic (exact) mass is 514 g/mol. The van der Waals surface area contributed by atoms with Gasteiger partial charge in [0, 0.05) is 50.9 Å². The summed E-state index contributed by atoms with van der Waals surface area (Å²) in [7, 11) is 0. The van der Waals surface area contributed by atoms with E-state index in [4.69, 9.17) is 0 Å². The van der Waals surface area contributed by atoms with Gasteiger partial charge in [0.25, 0.3) is 5.91 Å². The molecule has 3 saturated heterocycles. The second kappa shape index (κ2) is 10.8. The number of rotatable bonds is 8. The fourth-order valence-corrected chi connectivity index (χ4v) is 7.71. The summed E-state index contributed by atoms with van der Waals surface area (Å²) in [5.41, 5.74) is 4.21. The first-order chi connectivity index (χ1) is 18.4. The first-order valence-corrected chi connectivity index (χ1v) is 14.6. The van der Waals surface area contributed by atoms with Gasteiger partial charge in [-0.15, -0.1) is 0 Å². The molecule has 1 saturated carbocycles. The molecule has 5 atom stereocenters. The second-order valence-corrected chi connectivity index (χ2v) is 12.3. The van der Waals surface area contributed by atoms with Crippen LogP contribution in [0.1, 0.15) is 58.8 Å². The third kappa shape index (κ3) is 5.26. The summed E-state index contributed by atoms with van der Waals surface area (Å²) in [5.74, 6) is 2.24. The van der Waals surface area contributed by atoms with E-state index in [0.29, 0.717) is 24.4 Å². The highest BCUT2D eigenvalue weighted by atomic mass is 16.2. The molecular weight excluding hydrogens is 472 g/mol. The van der Waals surface area contributed by atoms with E-state index < -0.39 is 0 Å². The van der Waals surface area contributed by atoms with Crippen LogP contribution in [0.2, 0.25) is 0 Å². The number of carbonyl (C=O) groups is 2. The summed E-state index contributed by atoms with van der Waals surface area (Å²) in [6.45, 7) is 10.4. The summed E-state index contributed by atoms with van der Waals surface area (Å²) < 4.78 is 0. The van der Waals surface area contributed by atoms with E-state index in [9.17, 15) is 9.59 Å². The van der Waals surface area contributed by atoms with Crippen LogP contribution in [-0.2, 0) is 4.79 Å². The summed E-state index contributed by atoms with van der Waals surface area (Å²) in [5, 5.41) is 3.38. The fourth-order valence-electron chi connectivity index (χ4n) is 7.71. The molecule has 0 radical (unpaired) electrons. The first kappa shape index (κ1) is 25.6. The molecular formula is C32H42N4O2. The van der Waals surface area contributed by atoms with Crippen LogP contribution < -0.4 is 5.32 Å². The number of nitrogens with one attached hydrogen (secondary N) is 1. The maximum absolute atomic E-state index is 13.3. The highest BCUT2D eigenvalue weighted by Gasteiger charge is 2.42. The number of aryl methyl sites for hydroxylation is 2. The summed E-state index contributed by atoms with van der Waals surface area (Å²) in [4.78, 5) is 33.4. The van der Waals surface area contributed by atoms with Crippen molar-refractivity contribution in [3.63, 3.8) is 0 Å². The largest absolute Gasteiger partial charge is 0.348 e. The molecule has 1 aliphatic carbocycles. The van der Waals surface area contributed by atoms with E-state index in [2.05, 4.69) is 44.3 Å². The topological polar surface area (TPSA) is 55.9 Å². The lowest BCUT2D eigenvalue weighted by Crippen LogP contribution is -2.42. The zero-order chi connectivity index (χ0) is 26.2. The van der Waals surface area contributed by atoms with Gasteiger partial charge in [0.15, 0.2) is 0 Å². The van der Waals surface area contributed by atoms with Crippen molar-refractivity contribution < 1.29 is 9.59 Å². The van der Waals surface area contributed by atoms with Crippen LogP contribution >= 0.6 is 0 Å². The van der Waals surface area contributed by atoms with E-state index in [-0.39, 0.29) is 17.9 Å². The van der Waals surface area contributed by atoms with E-state index in [1.54, 1.807) is 0 Å². The van der Waals surface area contributed by atoms with Crippen molar-refractivity contribution in [2.45, 2.75) is 51.6 Å². The first-order valence-electron chi connectivity index (χ1n) is 14.6. The summed E-state index contributed by atoms with van der Waals surface area (Å²) >= 11 is 0. The number of piperidine rings is 1. The SMILES string of the molecule is Cc1cccc(C)c1C(=O)N1CC2CN(CCC(NC(=O)CN3CC4CCC3C4)c3ccccc3)CC2C1. The van der Waals surface area contributed by atoms with Crippen molar-refractivity contribution in [1.82, 2.24) is 20.0 Å². The average Bonchev–Trinajstić information content (AvgIpc) is 3.68. The molecule has 6 heteroatoms. The lowest BCUT2D eigenvalue weighted by atomic mass is 10.0. The molecule has 38 heavy (non-hydrogen) atoms. The standard InChI is InChI=1S/C32H42N4O2/c1-22-7-6-8-23(2)31(22)32(38)36-19-26-17-34(18-27(26)20-36)14-13-29(25-9-4-3-5-10-25)33-30(37)21-35-16-24-11-12-28(35)15-24/h3-10,24,26-29H,11-21H2,1-2H3,(H,33,37). The predicted molar refractivity (Wildman–Crippen MR) is 150 cm³/mol. The maximum atomic E-state index is 13.3. The number of amides is 2. The summed E-state index contributed by atoms with van der Waals surface area (Å²) in [6.07, 6.45) is 4.78. The minimum Gasteiger partial charge on any atom is -0.348 e. The second-order valence-electron chi connectivity index (χ2n) is 12.3.